The van der Waals surface area contributed by atoms with E-state index in [-0.39, 0.29) is 0 Å². The van der Waals surface area contributed by atoms with Crippen LogP contribution >= 0.6 is 15.9 Å². The zero-order valence-electron chi connectivity index (χ0n) is 16.8. The SMILES string of the molecule is CCCCCCC#C/C=C(/CCCCCC)C(C)(O)c1ccc(Br)cc1. The summed E-state index contributed by atoms with van der Waals surface area (Å²) in [5.41, 5.74) is 0.980. The predicted octanol–water partition coefficient (Wildman–Crippen LogP) is 7.53. The van der Waals surface area contributed by atoms with Gasteiger partial charge in [0.15, 0.2) is 0 Å². The summed E-state index contributed by atoms with van der Waals surface area (Å²) in [7, 11) is 0. The molecule has 0 bridgehead atoms. The van der Waals surface area contributed by atoms with Crippen molar-refractivity contribution < 1.29 is 5.11 Å². The van der Waals surface area contributed by atoms with Gasteiger partial charge >= 0.3 is 0 Å². The smallest absolute Gasteiger partial charge is 0.109 e. The van der Waals surface area contributed by atoms with Crippen LogP contribution in [0.15, 0.2) is 40.4 Å². The largest absolute Gasteiger partial charge is 0.381 e. The lowest BCUT2D eigenvalue weighted by atomic mass is 9.84. The molecule has 1 rings (SSSR count). The lowest BCUT2D eigenvalue weighted by Crippen LogP contribution is -2.24. The Kier molecular flexibility index (Phi) is 11.7. The molecule has 1 unspecified atom stereocenters. The molecule has 0 heterocycles. The average Bonchev–Trinajstić information content (AvgIpc) is 2.63. The Morgan fingerprint density at radius 2 is 1.62 bits per heavy atom. The van der Waals surface area contributed by atoms with Crippen LogP contribution in [0, 0.1) is 11.8 Å². The summed E-state index contributed by atoms with van der Waals surface area (Å²) in [5, 5.41) is 11.2. The van der Waals surface area contributed by atoms with Gasteiger partial charge in [0.1, 0.15) is 5.60 Å². The van der Waals surface area contributed by atoms with E-state index in [4.69, 9.17) is 0 Å². The van der Waals surface area contributed by atoms with Crippen molar-refractivity contribution in [1.82, 2.24) is 0 Å². The molecule has 1 aromatic rings. The number of allylic oxidation sites excluding steroid dienone is 1. The van der Waals surface area contributed by atoms with Crippen molar-refractivity contribution in [3.63, 3.8) is 0 Å². The second-order valence-corrected chi connectivity index (χ2v) is 8.11. The summed E-state index contributed by atoms with van der Waals surface area (Å²) in [6.07, 6.45) is 13.6. The molecule has 0 aliphatic carbocycles. The van der Waals surface area contributed by atoms with E-state index in [0.717, 1.165) is 34.9 Å². The van der Waals surface area contributed by atoms with E-state index in [1.54, 1.807) is 0 Å². The molecule has 1 N–H and O–H groups in total. The molecular weight excluding hydrogens is 384 g/mol. The van der Waals surface area contributed by atoms with Crippen molar-refractivity contribution in [3.05, 3.63) is 46.0 Å². The molecule has 0 fully saturated rings. The van der Waals surface area contributed by atoms with Gasteiger partial charge in [-0.1, -0.05) is 92.3 Å². The van der Waals surface area contributed by atoms with Crippen LogP contribution in [0.3, 0.4) is 0 Å². The summed E-state index contributed by atoms with van der Waals surface area (Å²) >= 11 is 3.47. The van der Waals surface area contributed by atoms with Crippen molar-refractivity contribution in [1.29, 1.82) is 0 Å². The van der Waals surface area contributed by atoms with Gasteiger partial charge < -0.3 is 5.11 Å². The minimum Gasteiger partial charge on any atom is -0.381 e. The summed E-state index contributed by atoms with van der Waals surface area (Å²) < 4.78 is 1.03. The third-order valence-electron chi connectivity index (χ3n) is 4.84. The van der Waals surface area contributed by atoms with Gasteiger partial charge in [-0.05, 0) is 55.5 Å². The predicted molar refractivity (Wildman–Crippen MR) is 117 cm³/mol. The lowest BCUT2D eigenvalue weighted by molar-refractivity contribution is 0.0931. The first-order valence-corrected chi connectivity index (χ1v) is 11.0. The third-order valence-corrected chi connectivity index (χ3v) is 5.36. The van der Waals surface area contributed by atoms with E-state index in [2.05, 4.69) is 41.6 Å². The van der Waals surface area contributed by atoms with Gasteiger partial charge in [0, 0.05) is 10.9 Å². The second-order valence-electron chi connectivity index (χ2n) is 7.19. The number of hydrogen-bond acceptors (Lipinski definition) is 1. The Morgan fingerprint density at radius 3 is 2.23 bits per heavy atom. The van der Waals surface area contributed by atoms with Crippen LogP contribution in [0.2, 0.25) is 0 Å². The zero-order chi connectivity index (χ0) is 19.3. The number of halogens is 1. The van der Waals surface area contributed by atoms with Crippen LogP contribution in [0.25, 0.3) is 0 Å². The molecule has 26 heavy (non-hydrogen) atoms. The van der Waals surface area contributed by atoms with Crippen LogP contribution < -0.4 is 0 Å². The van der Waals surface area contributed by atoms with E-state index in [1.165, 1.54) is 44.9 Å². The first kappa shape index (κ1) is 23.0. The summed E-state index contributed by atoms with van der Waals surface area (Å²) in [6.45, 7) is 6.34. The van der Waals surface area contributed by atoms with Crippen molar-refractivity contribution in [3.8, 4) is 11.8 Å². The molecular formula is C24H35BrO. The van der Waals surface area contributed by atoms with Gasteiger partial charge in [-0.25, -0.2) is 0 Å². The fourth-order valence-corrected chi connectivity index (χ4v) is 3.27. The van der Waals surface area contributed by atoms with E-state index in [1.807, 2.05) is 37.3 Å². The number of rotatable bonds is 11. The van der Waals surface area contributed by atoms with Gasteiger partial charge in [0.05, 0.1) is 0 Å². The van der Waals surface area contributed by atoms with Gasteiger partial charge in [0.25, 0.3) is 0 Å². The Hall–Kier alpha value is -1.04. The van der Waals surface area contributed by atoms with E-state index >= 15 is 0 Å². The zero-order valence-corrected chi connectivity index (χ0v) is 18.4. The van der Waals surface area contributed by atoms with Gasteiger partial charge in [-0.2, -0.15) is 0 Å². The number of benzene rings is 1. The molecule has 0 aliphatic rings. The molecule has 0 radical (unpaired) electrons. The van der Waals surface area contributed by atoms with Gasteiger partial charge in [-0.3, -0.25) is 0 Å². The summed E-state index contributed by atoms with van der Waals surface area (Å²) in [4.78, 5) is 0. The van der Waals surface area contributed by atoms with Crippen LogP contribution in [0.5, 0.6) is 0 Å². The molecule has 1 atom stereocenters. The Balaban J connectivity index is 2.83. The molecule has 1 aromatic carbocycles. The lowest BCUT2D eigenvalue weighted by Gasteiger charge is -2.27. The molecule has 0 saturated carbocycles. The minimum atomic E-state index is -0.968. The van der Waals surface area contributed by atoms with Crippen LogP contribution in [-0.4, -0.2) is 5.11 Å². The number of aliphatic hydroxyl groups is 1. The maximum absolute atomic E-state index is 11.2. The normalized spacial score (nSPS) is 13.8. The highest BCUT2D eigenvalue weighted by molar-refractivity contribution is 9.10. The van der Waals surface area contributed by atoms with Gasteiger partial charge in [-0.15, -0.1) is 0 Å². The van der Waals surface area contributed by atoms with E-state index < -0.39 is 5.60 Å². The number of hydrogen-bond donors (Lipinski definition) is 1. The van der Waals surface area contributed by atoms with Crippen molar-refractivity contribution >= 4 is 15.9 Å². The average molecular weight is 419 g/mol. The van der Waals surface area contributed by atoms with Crippen molar-refractivity contribution in [2.75, 3.05) is 0 Å². The van der Waals surface area contributed by atoms with Crippen molar-refractivity contribution in [2.24, 2.45) is 0 Å². The summed E-state index contributed by atoms with van der Waals surface area (Å²) in [5.74, 6) is 6.47. The second kappa shape index (κ2) is 13.2. The molecule has 1 nitrogen and oxygen atoms in total. The highest BCUT2D eigenvalue weighted by Crippen LogP contribution is 2.33. The van der Waals surface area contributed by atoms with E-state index in [9.17, 15) is 5.11 Å². The summed E-state index contributed by atoms with van der Waals surface area (Å²) in [6, 6.07) is 7.94. The van der Waals surface area contributed by atoms with E-state index in [0.29, 0.717) is 0 Å². The minimum absolute atomic E-state index is 0.896. The highest BCUT2D eigenvalue weighted by atomic mass is 79.9. The van der Waals surface area contributed by atoms with Crippen molar-refractivity contribution in [2.45, 2.75) is 90.6 Å². The fourth-order valence-electron chi connectivity index (χ4n) is 3.01. The first-order chi connectivity index (χ1) is 12.5. The number of unbranched alkanes of at least 4 members (excludes halogenated alkanes) is 7. The maximum atomic E-state index is 11.2. The molecule has 144 valence electrons. The molecule has 0 saturated heterocycles. The standard InChI is InChI=1S/C24H35BrO/c1-4-6-8-10-11-12-14-16-21(15-13-9-7-5-2)24(3,26)22-17-19-23(25)20-18-22/h16-20,26H,4-11,13,15H2,1-3H3/b21-16-. The van der Waals surface area contributed by atoms with Crippen LogP contribution in [0.1, 0.15) is 90.5 Å². The monoisotopic (exact) mass is 418 g/mol. The van der Waals surface area contributed by atoms with Crippen LogP contribution in [0.4, 0.5) is 0 Å². The van der Waals surface area contributed by atoms with Gasteiger partial charge in [0.2, 0.25) is 0 Å². The Morgan fingerprint density at radius 1 is 1.00 bits per heavy atom. The third kappa shape index (κ3) is 8.56. The fraction of sp³-hybridized carbons (Fsp3) is 0.583. The molecule has 0 aromatic heterocycles. The molecule has 0 spiro atoms. The topological polar surface area (TPSA) is 20.2 Å². The molecule has 0 amide bonds. The molecule has 2 heteroatoms. The quantitative estimate of drug-likeness (QED) is 0.290. The van der Waals surface area contributed by atoms with Crippen LogP contribution in [-0.2, 0) is 5.60 Å². The Bertz CT molecular complexity index is 587. The maximum Gasteiger partial charge on any atom is 0.109 e. The first-order valence-electron chi connectivity index (χ1n) is 10.2. The Labute approximate surface area is 169 Å². The molecule has 0 aliphatic heterocycles. The highest BCUT2D eigenvalue weighted by Gasteiger charge is 2.27.